The van der Waals surface area contributed by atoms with Crippen LogP contribution in [0.25, 0.3) is 0 Å². The smallest absolute Gasteiger partial charge is 0.330 e. The van der Waals surface area contributed by atoms with E-state index in [-0.39, 0.29) is 18.7 Å². The zero-order valence-corrected chi connectivity index (χ0v) is 11.4. The number of rotatable bonds is 4. The van der Waals surface area contributed by atoms with Crippen LogP contribution < -0.4 is 11.2 Å². The van der Waals surface area contributed by atoms with Crippen molar-refractivity contribution in [1.82, 2.24) is 9.66 Å². The van der Waals surface area contributed by atoms with Crippen molar-refractivity contribution in [2.75, 3.05) is 12.2 Å². The Hall–Kier alpha value is -1.25. The number of imidazole rings is 1. The van der Waals surface area contributed by atoms with Gasteiger partial charge in [0, 0.05) is 0 Å². The molecule has 106 valence electrons. The molecule has 2 heterocycles. The van der Waals surface area contributed by atoms with Crippen LogP contribution in [-0.2, 0) is 9.26 Å². The summed E-state index contributed by atoms with van der Waals surface area (Å²) in [5, 5.41) is 0. The Labute approximate surface area is 111 Å². The van der Waals surface area contributed by atoms with Gasteiger partial charge in [0.25, 0.3) is 0 Å². The lowest BCUT2D eigenvalue weighted by molar-refractivity contribution is 0.0926. The molecule has 1 unspecified atom stereocenters. The van der Waals surface area contributed by atoms with Crippen LogP contribution in [-0.4, -0.2) is 32.3 Å². The Morgan fingerprint density at radius 3 is 2.95 bits per heavy atom. The zero-order valence-electron chi connectivity index (χ0n) is 10.5. The largest absolute Gasteiger partial charge is 0.436 e. The number of nitrogens with zero attached hydrogens (tertiary/aromatic N) is 3. The fourth-order valence-electron chi connectivity index (χ4n) is 1.63. The Balaban J connectivity index is 2.08. The van der Waals surface area contributed by atoms with Crippen molar-refractivity contribution in [3.63, 3.8) is 0 Å². The van der Waals surface area contributed by atoms with Crippen LogP contribution in [0.5, 0.6) is 0 Å². The highest BCUT2D eigenvalue weighted by molar-refractivity contribution is 7.39. The topological polar surface area (TPSA) is 127 Å². The van der Waals surface area contributed by atoms with E-state index in [0.29, 0.717) is 5.82 Å². The van der Waals surface area contributed by atoms with Gasteiger partial charge >= 0.3 is 14.6 Å². The highest BCUT2D eigenvalue weighted by atomic mass is 31.2. The van der Waals surface area contributed by atoms with Crippen molar-refractivity contribution in [3.05, 3.63) is 17.7 Å². The molecule has 1 aliphatic rings. The monoisotopic (exact) mass is 289 g/mol. The van der Waals surface area contributed by atoms with Crippen molar-refractivity contribution in [3.8, 4) is 0 Å². The summed E-state index contributed by atoms with van der Waals surface area (Å²) in [7, 11) is -2.46. The highest BCUT2D eigenvalue weighted by Crippen LogP contribution is 2.24. The molecule has 0 radical (unpaired) electrons. The van der Waals surface area contributed by atoms with Gasteiger partial charge < -0.3 is 20.3 Å². The Bertz CT molecular complexity index is 475. The summed E-state index contributed by atoms with van der Waals surface area (Å²) in [6.45, 7) is 3.72. The summed E-state index contributed by atoms with van der Waals surface area (Å²) in [5.74, 6) is 0.836. The quantitative estimate of drug-likeness (QED) is 0.456. The molecule has 1 aliphatic heterocycles. The molecule has 19 heavy (non-hydrogen) atoms. The van der Waals surface area contributed by atoms with E-state index in [9.17, 15) is 0 Å². The molecule has 9 nitrogen and oxygen atoms in total. The first-order valence-electron chi connectivity index (χ1n) is 5.60. The summed E-state index contributed by atoms with van der Waals surface area (Å²) in [6.07, 6.45) is 1.08. The molecule has 10 heteroatoms. The molecule has 1 atom stereocenters. The second kappa shape index (κ2) is 5.81. The lowest BCUT2D eigenvalue weighted by Gasteiger charge is -2.23. The van der Waals surface area contributed by atoms with Gasteiger partial charge in [-0.15, -0.1) is 0 Å². The maximum Gasteiger partial charge on any atom is 0.330 e. The average molecular weight is 289 g/mol. The molecule has 0 aliphatic carbocycles. The maximum absolute atomic E-state index is 8.59. The summed E-state index contributed by atoms with van der Waals surface area (Å²) in [6, 6.07) is 0.136. The van der Waals surface area contributed by atoms with Crippen molar-refractivity contribution in [2.24, 2.45) is 10.7 Å². The number of amidine groups is 1. The van der Waals surface area contributed by atoms with E-state index >= 15 is 0 Å². The molecule has 0 aromatic carbocycles. The molecule has 5 N–H and O–H groups in total. The molecule has 0 bridgehead atoms. The molecule has 0 spiro atoms. The second-order valence-electron chi connectivity index (χ2n) is 4.17. The lowest BCUT2D eigenvalue weighted by atomic mass is 10.1. The van der Waals surface area contributed by atoms with Crippen molar-refractivity contribution in [2.45, 2.75) is 25.9 Å². The number of hydrogen-bond donors (Lipinski definition) is 4. The number of ether oxygens (including phenoxy) is 1. The van der Waals surface area contributed by atoms with Crippen LogP contribution >= 0.6 is 8.60 Å². The minimum Gasteiger partial charge on any atom is -0.436 e. The lowest BCUT2D eigenvalue weighted by Crippen LogP contribution is -2.36. The van der Waals surface area contributed by atoms with Gasteiger partial charge in [0.1, 0.15) is 0 Å². The first-order valence-corrected chi connectivity index (χ1v) is 6.77. The van der Waals surface area contributed by atoms with Crippen molar-refractivity contribution < 1.29 is 19.0 Å². The van der Waals surface area contributed by atoms with E-state index in [1.54, 1.807) is 10.9 Å². The predicted molar refractivity (Wildman–Crippen MR) is 68.4 cm³/mol. The molecule has 1 aromatic rings. The number of fused-ring (bicyclic) bond motifs is 1. The standard InChI is InChI=1S/C9H16N5O4P/c1-5(2)6-3-11-8-7(10)12-9(13-14(6)8)17-4-18-19(15)16/h3,5,7,15-16H,4,10H2,1-2H3,(H,12,13). The van der Waals surface area contributed by atoms with Crippen LogP contribution in [0.15, 0.2) is 11.2 Å². The van der Waals surface area contributed by atoms with Crippen molar-refractivity contribution in [1.29, 1.82) is 0 Å². The number of aromatic nitrogens is 2. The Morgan fingerprint density at radius 1 is 1.58 bits per heavy atom. The Morgan fingerprint density at radius 2 is 2.32 bits per heavy atom. The summed E-state index contributed by atoms with van der Waals surface area (Å²) in [5.41, 5.74) is 9.69. The third-order valence-electron chi connectivity index (χ3n) is 2.50. The van der Waals surface area contributed by atoms with Crippen LogP contribution in [0.3, 0.4) is 0 Å². The van der Waals surface area contributed by atoms with Crippen LogP contribution in [0, 0.1) is 0 Å². The molecule has 2 rings (SSSR count). The number of hydrogen-bond acceptors (Lipinski definition) is 8. The fourth-order valence-corrected chi connectivity index (χ4v) is 1.77. The third kappa shape index (κ3) is 3.20. The van der Waals surface area contributed by atoms with E-state index in [0.717, 1.165) is 5.69 Å². The minimum atomic E-state index is -2.46. The van der Waals surface area contributed by atoms with Gasteiger partial charge in [0.15, 0.2) is 12.0 Å². The second-order valence-corrected chi connectivity index (χ2v) is 4.93. The van der Waals surface area contributed by atoms with Crippen LogP contribution in [0.1, 0.15) is 37.4 Å². The molecular weight excluding hydrogens is 273 g/mol. The average Bonchev–Trinajstić information content (AvgIpc) is 2.72. The van der Waals surface area contributed by atoms with Gasteiger partial charge in [-0.05, 0) is 5.92 Å². The summed E-state index contributed by atoms with van der Waals surface area (Å²) in [4.78, 5) is 25.4. The van der Waals surface area contributed by atoms with E-state index < -0.39 is 14.8 Å². The van der Waals surface area contributed by atoms with Gasteiger partial charge in [-0.25, -0.2) is 20.1 Å². The minimum absolute atomic E-state index is 0.136. The van der Waals surface area contributed by atoms with Crippen LogP contribution in [0.2, 0.25) is 0 Å². The number of nitrogens with one attached hydrogen (secondary N) is 1. The molecule has 0 amide bonds. The highest BCUT2D eigenvalue weighted by Gasteiger charge is 2.24. The normalized spacial score (nSPS) is 18.3. The molecule has 1 aromatic heterocycles. The summed E-state index contributed by atoms with van der Waals surface area (Å²) >= 11 is 0. The fraction of sp³-hybridized carbons (Fsp3) is 0.556. The first kappa shape index (κ1) is 14.2. The summed E-state index contributed by atoms with van der Waals surface area (Å²) < 4.78 is 11.3. The van der Waals surface area contributed by atoms with Gasteiger partial charge in [0.05, 0.1) is 11.9 Å². The molecule has 0 saturated carbocycles. The van der Waals surface area contributed by atoms with Crippen LogP contribution in [0.4, 0.5) is 0 Å². The number of aliphatic imine (C=N–C) groups is 1. The van der Waals surface area contributed by atoms with Gasteiger partial charge in [-0.3, -0.25) is 4.52 Å². The number of nitrogens with two attached hydrogens (primary N) is 1. The van der Waals surface area contributed by atoms with E-state index in [1.165, 1.54) is 0 Å². The predicted octanol–water partition coefficient (Wildman–Crippen LogP) is 0.0791. The van der Waals surface area contributed by atoms with E-state index in [1.807, 2.05) is 13.8 Å². The SMILES string of the molecule is CC(C)c1cnc2n1NC(OCOP(O)O)=NC2N. The maximum atomic E-state index is 8.59. The van der Waals surface area contributed by atoms with E-state index in [4.69, 9.17) is 20.3 Å². The van der Waals surface area contributed by atoms with Gasteiger partial charge in [-0.1, -0.05) is 13.8 Å². The Kier molecular flexibility index (Phi) is 4.33. The zero-order chi connectivity index (χ0) is 14.0. The molecule has 0 saturated heterocycles. The molecular formula is C9H16N5O4P. The first-order chi connectivity index (χ1) is 8.99. The van der Waals surface area contributed by atoms with Gasteiger partial charge in [0.2, 0.25) is 6.79 Å². The third-order valence-corrected chi connectivity index (χ3v) is 2.84. The van der Waals surface area contributed by atoms with Gasteiger partial charge in [-0.2, -0.15) is 0 Å². The molecule has 0 fully saturated rings. The van der Waals surface area contributed by atoms with Crippen molar-refractivity contribution >= 4 is 14.6 Å². The van der Waals surface area contributed by atoms with E-state index in [2.05, 4.69) is 19.9 Å².